The monoisotopic (exact) mass is 1070 g/mol. The van der Waals surface area contributed by atoms with E-state index in [1.54, 1.807) is 0 Å². The van der Waals surface area contributed by atoms with Gasteiger partial charge >= 0.3 is 5.97 Å². The molecule has 6 nitrogen and oxygen atoms in total. The van der Waals surface area contributed by atoms with Gasteiger partial charge in [0.1, 0.15) is 0 Å². The van der Waals surface area contributed by atoms with Crippen LogP contribution < -0.4 is 5.32 Å². The highest BCUT2D eigenvalue weighted by Crippen LogP contribution is 2.20. The molecule has 2 atom stereocenters. The summed E-state index contributed by atoms with van der Waals surface area (Å²) in [5.74, 6) is -0.00612. The zero-order chi connectivity index (χ0) is 55.0. The zero-order valence-electron chi connectivity index (χ0n) is 52.0. The van der Waals surface area contributed by atoms with Crippen molar-refractivity contribution in [1.29, 1.82) is 0 Å². The van der Waals surface area contributed by atoms with Crippen molar-refractivity contribution in [2.75, 3.05) is 13.2 Å². The topological polar surface area (TPSA) is 95.9 Å². The van der Waals surface area contributed by atoms with E-state index in [4.69, 9.17) is 4.74 Å². The minimum absolute atomic E-state index is 0.0221. The van der Waals surface area contributed by atoms with Gasteiger partial charge in [0, 0.05) is 12.8 Å². The van der Waals surface area contributed by atoms with Crippen molar-refractivity contribution >= 4 is 11.9 Å². The van der Waals surface area contributed by atoms with E-state index in [0.717, 1.165) is 38.5 Å². The van der Waals surface area contributed by atoms with Crippen molar-refractivity contribution in [1.82, 2.24) is 5.32 Å². The van der Waals surface area contributed by atoms with Gasteiger partial charge in [0.2, 0.25) is 5.91 Å². The maximum atomic E-state index is 12.5. The molecule has 0 aliphatic rings. The maximum Gasteiger partial charge on any atom is 0.305 e. The Labute approximate surface area is 476 Å². The van der Waals surface area contributed by atoms with E-state index in [9.17, 15) is 19.8 Å². The van der Waals surface area contributed by atoms with Crippen molar-refractivity contribution in [3.8, 4) is 0 Å². The van der Waals surface area contributed by atoms with Crippen LogP contribution in [0.1, 0.15) is 412 Å². The Morgan fingerprint density at radius 1 is 0.316 bits per heavy atom. The highest BCUT2D eigenvalue weighted by Gasteiger charge is 2.20. The lowest BCUT2D eigenvalue weighted by molar-refractivity contribution is -0.143. The summed E-state index contributed by atoms with van der Waals surface area (Å²) in [6.07, 6.45) is 80.1. The van der Waals surface area contributed by atoms with E-state index in [1.807, 2.05) is 0 Å². The van der Waals surface area contributed by atoms with Crippen LogP contribution in [0.15, 0.2) is 0 Å². The molecule has 0 aromatic rings. The van der Waals surface area contributed by atoms with Crippen molar-refractivity contribution in [3.05, 3.63) is 0 Å². The summed E-state index contributed by atoms with van der Waals surface area (Å²) < 4.78 is 5.51. The van der Waals surface area contributed by atoms with Crippen molar-refractivity contribution in [2.45, 2.75) is 424 Å². The molecule has 2 unspecified atom stereocenters. The molecule has 76 heavy (non-hydrogen) atoms. The highest BCUT2D eigenvalue weighted by atomic mass is 16.5. The van der Waals surface area contributed by atoms with Crippen LogP contribution in [0.4, 0.5) is 0 Å². The number of carbonyl (C=O) groups excluding carboxylic acids is 2. The molecule has 0 aromatic carbocycles. The zero-order valence-corrected chi connectivity index (χ0v) is 52.0. The molecule has 0 saturated carbocycles. The first-order valence-electron chi connectivity index (χ1n) is 35.3. The second kappa shape index (κ2) is 66.4. The molecule has 0 bridgehead atoms. The summed E-state index contributed by atoms with van der Waals surface area (Å²) in [6.45, 7) is 5.01. The third-order valence-corrected chi connectivity index (χ3v) is 16.9. The van der Waals surface area contributed by atoms with Crippen LogP contribution in [0, 0.1) is 0 Å². The van der Waals surface area contributed by atoms with Crippen LogP contribution >= 0.6 is 0 Å². The first-order chi connectivity index (χ1) is 37.5. The predicted molar refractivity (Wildman–Crippen MR) is 334 cm³/mol. The molecule has 0 aliphatic carbocycles. The Bertz CT molecular complexity index is 1100. The van der Waals surface area contributed by atoms with E-state index in [2.05, 4.69) is 19.2 Å². The fourth-order valence-electron chi connectivity index (χ4n) is 11.5. The van der Waals surface area contributed by atoms with Crippen LogP contribution in [0.2, 0.25) is 0 Å². The summed E-state index contributed by atoms with van der Waals surface area (Å²) in [5.41, 5.74) is 0. The third-order valence-electron chi connectivity index (χ3n) is 16.9. The van der Waals surface area contributed by atoms with Gasteiger partial charge in [-0.3, -0.25) is 9.59 Å². The van der Waals surface area contributed by atoms with Gasteiger partial charge < -0.3 is 20.3 Å². The number of carbonyl (C=O) groups is 2. The van der Waals surface area contributed by atoms with Gasteiger partial charge in [-0.05, 0) is 25.7 Å². The average Bonchev–Trinajstić information content (AvgIpc) is 3.42. The molecule has 0 aromatic heterocycles. The van der Waals surface area contributed by atoms with Gasteiger partial charge in [-0.25, -0.2) is 0 Å². The van der Waals surface area contributed by atoms with Gasteiger partial charge in [0.25, 0.3) is 0 Å². The molecule has 6 heteroatoms. The lowest BCUT2D eigenvalue weighted by atomic mass is 10.0. The van der Waals surface area contributed by atoms with Crippen molar-refractivity contribution in [3.63, 3.8) is 0 Å². The van der Waals surface area contributed by atoms with Crippen LogP contribution in [0.5, 0.6) is 0 Å². The number of hydrogen-bond donors (Lipinski definition) is 3. The standard InChI is InChI=1S/C70H139NO5/c1-3-5-7-9-11-13-15-17-19-31-34-38-42-46-50-54-58-62-68(73)67(66-72)71-69(74)63-59-55-51-47-43-39-35-32-29-27-25-23-21-22-24-26-28-30-33-37-41-45-49-53-57-61-65-76-70(75)64-60-56-52-48-44-40-36-20-18-16-14-12-10-8-6-4-2/h67-68,72-73H,3-66H2,1-2H3,(H,71,74). The smallest absolute Gasteiger partial charge is 0.305 e. The van der Waals surface area contributed by atoms with E-state index in [1.165, 1.54) is 340 Å². The molecule has 454 valence electrons. The Hall–Kier alpha value is -1.14. The molecule has 0 rings (SSSR count). The second-order valence-electron chi connectivity index (χ2n) is 24.6. The molecule has 0 saturated heterocycles. The molecule has 1 amide bonds. The van der Waals surface area contributed by atoms with Crippen LogP contribution in [0.3, 0.4) is 0 Å². The third kappa shape index (κ3) is 62.1. The minimum atomic E-state index is -0.662. The fourth-order valence-corrected chi connectivity index (χ4v) is 11.5. The number of ether oxygens (including phenoxy) is 1. The number of nitrogens with one attached hydrogen (secondary N) is 1. The SMILES string of the molecule is CCCCCCCCCCCCCCCCCCCC(O)C(CO)NC(=O)CCCCCCCCCCCCCCCCCCCCCCCCCCCCOC(=O)CCCCCCCCCCCCCCCCCC. The molecule has 0 fully saturated rings. The highest BCUT2D eigenvalue weighted by molar-refractivity contribution is 5.76. The number of unbranched alkanes of at least 4 members (excludes halogenated alkanes) is 56. The Kier molecular flexibility index (Phi) is 65.4. The average molecular weight is 1070 g/mol. The van der Waals surface area contributed by atoms with Crippen LogP contribution in [0.25, 0.3) is 0 Å². The summed E-state index contributed by atoms with van der Waals surface area (Å²) in [4.78, 5) is 24.6. The molecular formula is C70H139NO5. The molecular weight excluding hydrogens is 935 g/mol. The lowest BCUT2D eigenvalue weighted by Gasteiger charge is -2.22. The molecule has 0 radical (unpaired) electrons. The fraction of sp³-hybridized carbons (Fsp3) is 0.971. The number of amides is 1. The molecule has 3 N–H and O–H groups in total. The second-order valence-corrected chi connectivity index (χ2v) is 24.6. The summed E-state index contributed by atoms with van der Waals surface area (Å²) in [7, 11) is 0. The molecule has 0 spiro atoms. The maximum absolute atomic E-state index is 12.5. The van der Waals surface area contributed by atoms with Gasteiger partial charge in [-0.15, -0.1) is 0 Å². The van der Waals surface area contributed by atoms with Crippen LogP contribution in [-0.4, -0.2) is 47.4 Å². The van der Waals surface area contributed by atoms with Gasteiger partial charge in [0.05, 0.1) is 25.4 Å². The molecule has 0 aliphatic heterocycles. The number of esters is 1. The number of hydrogen-bond acceptors (Lipinski definition) is 5. The van der Waals surface area contributed by atoms with Crippen molar-refractivity contribution in [2.24, 2.45) is 0 Å². The van der Waals surface area contributed by atoms with E-state index in [0.29, 0.717) is 25.9 Å². The van der Waals surface area contributed by atoms with E-state index < -0.39 is 12.1 Å². The summed E-state index contributed by atoms with van der Waals surface area (Å²) >= 11 is 0. The Morgan fingerprint density at radius 3 is 0.803 bits per heavy atom. The largest absolute Gasteiger partial charge is 0.466 e. The number of rotatable bonds is 67. The molecule has 0 heterocycles. The van der Waals surface area contributed by atoms with E-state index >= 15 is 0 Å². The summed E-state index contributed by atoms with van der Waals surface area (Å²) in [5, 5.41) is 23.4. The number of aliphatic hydroxyl groups is 2. The summed E-state index contributed by atoms with van der Waals surface area (Å²) in [6, 6.07) is -0.539. The van der Waals surface area contributed by atoms with Gasteiger partial charge in [0.15, 0.2) is 0 Å². The minimum Gasteiger partial charge on any atom is -0.466 e. The normalized spacial score (nSPS) is 12.4. The Morgan fingerprint density at radius 2 is 0.539 bits per heavy atom. The van der Waals surface area contributed by atoms with E-state index in [-0.39, 0.29) is 18.5 Å². The van der Waals surface area contributed by atoms with Gasteiger partial charge in [-0.1, -0.05) is 373 Å². The van der Waals surface area contributed by atoms with Crippen LogP contribution in [-0.2, 0) is 14.3 Å². The number of aliphatic hydroxyl groups excluding tert-OH is 2. The quantitative estimate of drug-likeness (QED) is 0.0417. The predicted octanol–water partition coefficient (Wildman–Crippen LogP) is 22.6. The van der Waals surface area contributed by atoms with Gasteiger partial charge in [-0.2, -0.15) is 0 Å². The van der Waals surface area contributed by atoms with Crippen molar-refractivity contribution < 1.29 is 24.5 Å². The Balaban J connectivity index is 3.33. The first-order valence-corrected chi connectivity index (χ1v) is 35.3. The first kappa shape index (κ1) is 74.9. The lowest BCUT2D eigenvalue weighted by Crippen LogP contribution is -2.45.